The number of aromatic nitrogens is 1. The van der Waals surface area contributed by atoms with Crippen LogP contribution in [0.25, 0.3) is 0 Å². The van der Waals surface area contributed by atoms with Gasteiger partial charge in [0.1, 0.15) is 17.2 Å². The minimum Gasteiger partial charge on any atom is -0.497 e. The molecule has 2 rings (SSSR count). The van der Waals surface area contributed by atoms with Crippen LogP contribution in [0.2, 0.25) is 0 Å². The Morgan fingerprint density at radius 1 is 1.21 bits per heavy atom. The second kappa shape index (κ2) is 5.71. The van der Waals surface area contributed by atoms with Crippen molar-refractivity contribution in [2.24, 2.45) is 0 Å². The molecule has 0 aliphatic heterocycles. The summed E-state index contributed by atoms with van der Waals surface area (Å²) in [5.74, 6) is 1.09. The summed E-state index contributed by atoms with van der Waals surface area (Å²) in [6, 6.07) is 5.30. The van der Waals surface area contributed by atoms with Gasteiger partial charge < -0.3 is 14.4 Å². The molecule has 0 N–H and O–H groups in total. The van der Waals surface area contributed by atoms with Gasteiger partial charge in [-0.15, -0.1) is 11.3 Å². The zero-order chi connectivity index (χ0) is 13.8. The van der Waals surface area contributed by atoms with Crippen molar-refractivity contribution in [2.75, 3.05) is 26.2 Å². The Kier molecular flexibility index (Phi) is 4.01. The molecule has 100 valence electrons. The molecule has 2 aromatic rings. The molecule has 0 bridgehead atoms. The number of hydrogen-bond acceptors (Lipinski definition) is 5. The lowest BCUT2D eigenvalue weighted by atomic mass is 10.2. The lowest BCUT2D eigenvalue weighted by Crippen LogP contribution is -2.26. The number of thiazole rings is 1. The SMILES string of the molecule is COc1cc(OC)cc(N(C)C(=O)c2cscn2)c1. The molecule has 6 heteroatoms. The Morgan fingerprint density at radius 2 is 1.84 bits per heavy atom. The van der Waals surface area contributed by atoms with E-state index >= 15 is 0 Å². The summed E-state index contributed by atoms with van der Waals surface area (Å²) in [6.45, 7) is 0. The fourth-order valence-corrected chi connectivity index (χ4v) is 2.12. The number of rotatable bonds is 4. The predicted octanol–water partition coefficient (Wildman–Crippen LogP) is 2.44. The van der Waals surface area contributed by atoms with Gasteiger partial charge in [-0.1, -0.05) is 0 Å². The highest BCUT2D eigenvalue weighted by atomic mass is 32.1. The molecule has 1 aromatic heterocycles. The third kappa shape index (κ3) is 2.85. The van der Waals surface area contributed by atoms with E-state index in [4.69, 9.17) is 9.47 Å². The Morgan fingerprint density at radius 3 is 2.32 bits per heavy atom. The van der Waals surface area contributed by atoms with Crippen LogP contribution in [-0.2, 0) is 0 Å². The van der Waals surface area contributed by atoms with Crippen molar-refractivity contribution in [3.05, 3.63) is 34.8 Å². The van der Waals surface area contributed by atoms with Crippen molar-refractivity contribution in [2.45, 2.75) is 0 Å². The first-order chi connectivity index (χ1) is 9.15. The summed E-state index contributed by atoms with van der Waals surface area (Å²) in [5.41, 5.74) is 2.75. The van der Waals surface area contributed by atoms with Crippen LogP contribution < -0.4 is 14.4 Å². The number of benzene rings is 1. The molecule has 0 saturated heterocycles. The molecule has 0 unspecified atom stereocenters. The average Bonchev–Trinajstić information content (AvgIpc) is 2.99. The Hall–Kier alpha value is -2.08. The smallest absolute Gasteiger partial charge is 0.277 e. The number of anilines is 1. The largest absolute Gasteiger partial charge is 0.497 e. The van der Waals surface area contributed by atoms with Crippen molar-refractivity contribution in [1.82, 2.24) is 4.98 Å². The van der Waals surface area contributed by atoms with Crippen molar-refractivity contribution in [3.63, 3.8) is 0 Å². The quantitative estimate of drug-likeness (QED) is 0.862. The number of nitrogens with zero attached hydrogens (tertiary/aromatic N) is 2. The van der Waals surface area contributed by atoms with Crippen LogP contribution >= 0.6 is 11.3 Å². The van der Waals surface area contributed by atoms with Gasteiger partial charge in [-0.05, 0) is 0 Å². The number of methoxy groups -OCH3 is 2. The Bertz CT molecular complexity index is 547. The highest BCUT2D eigenvalue weighted by molar-refractivity contribution is 7.07. The minimum atomic E-state index is -0.170. The Labute approximate surface area is 115 Å². The third-order valence-electron chi connectivity index (χ3n) is 2.68. The van der Waals surface area contributed by atoms with Gasteiger partial charge in [0.05, 0.1) is 25.4 Å². The predicted molar refractivity (Wildman–Crippen MR) is 74.4 cm³/mol. The van der Waals surface area contributed by atoms with Crippen LogP contribution in [0.4, 0.5) is 5.69 Å². The molecule has 1 amide bonds. The topological polar surface area (TPSA) is 51.7 Å². The number of carbonyl (C=O) groups excluding carboxylic acids is 1. The van der Waals surface area contributed by atoms with E-state index < -0.39 is 0 Å². The van der Waals surface area contributed by atoms with Gasteiger partial charge in [0.2, 0.25) is 0 Å². The van der Waals surface area contributed by atoms with Gasteiger partial charge in [0.25, 0.3) is 5.91 Å². The zero-order valence-corrected chi connectivity index (χ0v) is 11.7. The molecule has 0 spiro atoms. The lowest BCUT2D eigenvalue weighted by Gasteiger charge is -2.18. The van der Waals surface area contributed by atoms with Crippen molar-refractivity contribution in [1.29, 1.82) is 0 Å². The van der Waals surface area contributed by atoms with Crippen LogP contribution in [0.5, 0.6) is 11.5 Å². The van der Waals surface area contributed by atoms with E-state index in [-0.39, 0.29) is 5.91 Å². The first-order valence-corrected chi connectivity index (χ1v) is 6.49. The maximum Gasteiger partial charge on any atom is 0.277 e. The van der Waals surface area contributed by atoms with E-state index in [1.165, 1.54) is 16.2 Å². The summed E-state index contributed by atoms with van der Waals surface area (Å²) < 4.78 is 10.4. The van der Waals surface area contributed by atoms with Crippen molar-refractivity contribution < 1.29 is 14.3 Å². The molecule has 1 aromatic carbocycles. The molecule has 0 aliphatic carbocycles. The van der Waals surface area contributed by atoms with Crippen LogP contribution in [-0.4, -0.2) is 32.2 Å². The number of hydrogen-bond donors (Lipinski definition) is 0. The van der Waals surface area contributed by atoms with E-state index in [0.717, 1.165) is 0 Å². The van der Waals surface area contributed by atoms with Gasteiger partial charge in [0, 0.05) is 30.6 Å². The summed E-state index contributed by atoms with van der Waals surface area (Å²) in [4.78, 5) is 17.7. The maximum atomic E-state index is 12.2. The molecular formula is C13H14N2O3S. The Balaban J connectivity index is 2.32. The van der Waals surface area contributed by atoms with Crippen molar-refractivity contribution in [3.8, 4) is 11.5 Å². The molecular weight excluding hydrogens is 264 g/mol. The molecule has 0 saturated carbocycles. The molecule has 0 radical (unpaired) electrons. The number of amides is 1. The highest BCUT2D eigenvalue weighted by Gasteiger charge is 2.16. The van der Waals surface area contributed by atoms with Gasteiger partial charge in [-0.25, -0.2) is 4.98 Å². The van der Waals surface area contributed by atoms with Crippen molar-refractivity contribution >= 4 is 22.9 Å². The monoisotopic (exact) mass is 278 g/mol. The molecule has 19 heavy (non-hydrogen) atoms. The van der Waals surface area contributed by atoms with Gasteiger partial charge in [0.15, 0.2) is 0 Å². The second-order valence-corrected chi connectivity index (χ2v) is 4.53. The summed E-state index contributed by atoms with van der Waals surface area (Å²) in [5, 5.41) is 1.72. The minimum absolute atomic E-state index is 0.170. The number of ether oxygens (including phenoxy) is 2. The molecule has 1 heterocycles. The maximum absolute atomic E-state index is 12.2. The first-order valence-electron chi connectivity index (χ1n) is 5.55. The van der Waals surface area contributed by atoms with E-state index in [0.29, 0.717) is 22.9 Å². The van der Waals surface area contributed by atoms with Gasteiger partial charge in [-0.2, -0.15) is 0 Å². The summed E-state index contributed by atoms with van der Waals surface area (Å²) >= 11 is 1.39. The van der Waals surface area contributed by atoms with E-state index in [1.54, 1.807) is 50.4 Å². The van der Waals surface area contributed by atoms with Crippen LogP contribution in [0.1, 0.15) is 10.5 Å². The highest BCUT2D eigenvalue weighted by Crippen LogP contribution is 2.28. The van der Waals surface area contributed by atoms with Gasteiger partial charge >= 0.3 is 0 Å². The van der Waals surface area contributed by atoms with Gasteiger partial charge in [-0.3, -0.25) is 4.79 Å². The zero-order valence-electron chi connectivity index (χ0n) is 10.9. The average molecular weight is 278 g/mol. The molecule has 0 aliphatic rings. The first kappa shape index (κ1) is 13.4. The standard InChI is InChI=1S/C13H14N2O3S/c1-15(13(16)12-7-19-8-14-12)9-4-10(17-2)6-11(5-9)18-3/h4-8H,1-3H3. The second-order valence-electron chi connectivity index (χ2n) is 3.81. The molecule has 0 fully saturated rings. The van der Waals surface area contributed by atoms with Crippen LogP contribution in [0, 0.1) is 0 Å². The van der Waals surface area contributed by atoms with E-state index in [1.807, 2.05) is 0 Å². The van der Waals surface area contributed by atoms with Crippen LogP contribution in [0.15, 0.2) is 29.1 Å². The molecule has 0 atom stereocenters. The lowest BCUT2D eigenvalue weighted by molar-refractivity contribution is 0.0989. The third-order valence-corrected chi connectivity index (χ3v) is 3.27. The van der Waals surface area contributed by atoms with E-state index in [2.05, 4.69) is 4.98 Å². The summed E-state index contributed by atoms with van der Waals surface area (Å²) in [7, 11) is 4.83. The fourth-order valence-electron chi connectivity index (χ4n) is 1.59. The van der Waals surface area contributed by atoms with Crippen LogP contribution in [0.3, 0.4) is 0 Å². The van der Waals surface area contributed by atoms with E-state index in [9.17, 15) is 4.79 Å². The molecule has 5 nitrogen and oxygen atoms in total. The normalized spacial score (nSPS) is 10.1. The fraction of sp³-hybridized carbons (Fsp3) is 0.231. The summed E-state index contributed by atoms with van der Waals surface area (Å²) in [6.07, 6.45) is 0. The number of carbonyl (C=O) groups is 1.